The summed E-state index contributed by atoms with van der Waals surface area (Å²) in [7, 11) is 0. The molecule has 0 bridgehead atoms. The molecule has 276 valence electrons. The van der Waals surface area contributed by atoms with E-state index in [1.807, 2.05) is 0 Å². The van der Waals surface area contributed by atoms with Gasteiger partial charge in [0.25, 0.3) is 0 Å². The van der Waals surface area contributed by atoms with Gasteiger partial charge in [0.05, 0.1) is 19.4 Å². The first-order valence-electron chi connectivity index (χ1n) is 15.8. The average molecular weight is 737 g/mol. The molecule has 2 heterocycles. The summed E-state index contributed by atoms with van der Waals surface area (Å²) in [6.07, 6.45) is -10.1. The third-order valence-corrected chi connectivity index (χ3v) is 8.25. The second-order valence-electron chi connectivity index (χ2n) is 12.0. The van der Waals surface area contributed by atoms with Crippen LogP contribution >= 0.6 is 0 Å². The highest BCUT2D eigenvalue weighted by molar-refractivity contribution is 5.88. The summed E-state index contributed by atoms with van der Waals surface area (Å²) < 4.78 is 55.9. The second-order valence-corrected chi connectivity index (χ2v) is 12.0. The number of aliphatic hydroxyl groups excluding tert-OH is 2. The minimum absolute atomic E-state index is 0.0844. The van der Waals surface area contributed by atoms with E-state index >= 15 is 0 Å². The first-order chi connectivity index (χ1) is 25.3. The number of hydrogen-bond donors (Lipinski definition) is 6. The van der Waals surface area contributed by atoms with Gasteiger partial charge in [-0.1, -0.05) is 24.3 Å². The molecule has 1 fully saturated rings. The summed E-state index contributed by atoms with van der Waals surface area (Å²) in [5.41, 5.74) is -0.893. The van der Waals surface area contributed by atoms with Crippen molar-refractivity contribution < 1.29 is 72.4 Å². The lowest BCUT2D eigenvalue weighted by Crippen LogP contribution is -2.62. The molecule has 0 spiro atoms. The topological polar surface area (TPSA) is 223 Å². The van der Waals surface area contributed by atoms with E-state index in [0.29, 0.717) is 11.1 Å². The lowest BCUT2D eigenvalue weighted by molar-refractivity contribution is -0.285. The van der Waals surface area contributed by atoms with Gasteiger partial charge < -0.3 is 54.0 Å². The molecule has 0 radical (unpaired) electrons. The number of ether oxygens (including phenoxy) is 4. The maximum Gasteiger partial charge on any atom is 0.310 e. The molecule has 16 heteroatoms. The normalized spacial score (nSPS) is 19.8. The number of phenols is 4. The van der Waals surface area contributed by atoms with Gasteiger partial charge in [0.1, 0.15) is 46.3 Å². The number of carbonyl (C=O) groups is 2. The summed E-state index contributed by atoms with van der Waals surface area (Å²) in [5, 5.41) is 61.7. The Morgan fingerprint density at radius 3 is 1.89 bits per heavy atom. The lowest BCUT2D eigenvalue weighted by Gasteiger charge is -2.42. The average Bonchev–Trinajstić information content (AvgIpc) is 3.11. The van der Waals surface area contributed by atoms with Crippen LogP contribution in [0.4, 0.5) is 8.78 Å². The Kier molecular flexibility index (Phi) is 10.5. The molecule has 0 saturated carbocycles. The summed E-state index contributed by atoms with van der Waals surface area (Å²) in [6, 6.07) is 14.8. The molecule has 6 N–H and O–H groups in total. The van der Waals surface area contributed by atoms with Gasteiger partial charge in [-0.25, -0.2) is 8.78 Å². The Balaban J connectivity index is 1.44. The summed E-state index contributed by atoms with van der Waals surface area (Å²) in [5.74, 6) is -6.76. The van der Waals surface area contributed by atoms with E-state index in [0.717, 1.165) is 48.5 Å². The summed E-state index contributed by atoms with van der Waals surface area (Å²) >= 11 is 0. The van der Waals surface area contributed by atoms with Gasteiger partial charge in [-0.15, -0.1) is 0 Å². The molecule has 0 aliphatic carbocycles. The molecular formula is C37H30F2O14. The Morgan fingerprint density at radius 2 is 1.32 bits per heavy atom. The molecule has 1 aliphatic rings. The largest absolute Gasteiger partial charge is 0.508 e. The molecule has 5 aromatic rings. The molecule has 1 aliphatic heterocycles. The van der Waals surface area contributed by atoms with Crippen molar-refractivity contribution in [2.45, 2.75) is 43.5 Å². The molecule has 6 rings (SSSR count). The van der Waals surface area contributed by atoms with Gasteiger partial charge in [0.15, 0.2) is 23.4 Å². The van der Waals surface area contributed by atoms with E-state index in [2.05, 4.69) is 0 Å². The number of esters is 2. The van der Waals surface area contributed by atoms with Crippen molar-refractivity contribution in [1.29, 1.82) is 0 Å². The van der Waals surface area contributed by atoms with Gasteiger partial charge in [-0.2, -0.15) is 0 Å². The smallest absolute Gasteiger partial charge is 0.310 e. The zero-order valence-corrected chi connectivity index (χ0v) is 27.2. The van der Waals surface area contributed by atoms with Crippen LogP contribution in [0, 0.1) is 11.6 Å². The fraction of sp³-hybridized carbons (Fsp3) is 0.216. The number of aromatic hydroxyl groups is 4. The van der Waals surface area contributed by atoms with Gasteiger partial charge >= 0.3 is 11.9 Å². The van der Waals surface area contributed by atoms with Crippen molar-refractivity contribution in [3.05, 3.63) is 112 Å². The van der Waals surface area contributed by atoms with Crippen molar-refractivity contribution in [2.24, 2.45) is 0 Å². The molecule has 14 nitrogen and oxygen atoms in total. The number of fused-ring (bicyclic) bond motifs is 1. The Labute approximate surface area is 297 Å². The number of phenolic OH excluding ortho intramolecular Hbond substituents is 4. The summed E-state index contributed by atoms with van der Waals surface area (Å²) in [4.78, 5) is 40.6. The van der Waals surface area contributed by atoms with E-state index in [-0.39, 0.29) is 11.1 Å². The SMILES string of the molecule is O=C(Cc1ccc(F)cc1)O[C@@H]1[C@H](Oc2c(-c3ccc(O)c(O)c3)oc3cc(O)cc(O)c3c2=O)O[C@H](CO)C(O)[C@@H]1OC(=O)Cc1ccc(F)cc1. The van der Waals surface area contributed by atoms with Crippen LogP contribution in [-0.4, -0.2) is 79.9 Å². The van der Waals surface area contributed by atoms with Crippen molar-refractivity contribution in [1.82, 2.24) is 0 Å². The highest BCUT2D eigenvalue weighted by atomic mass is 19.1. The molecule has 1 aromatic heterocycles. The molecule has 53 heavy (non-hydrogen) atoms. The van der Waals surface area contributed by atoms with E-state index < -0.39 is 119 Å². The molecule has 4 aromatic carbocycles. The van der Waals surface area contributed by atoms with Gasteiger partial charge in [0, 0.05) is 17.7 Å². The minimum Gasteiger partial charge on any atom is -0.508 e. The van der Waals surface area contributed by atoms with Crippen LogP contribution in [0.15, 0.2) is 88.1 Å². The van der Waals surface area contributed by atoms with Crippen molar-refractivity contribution >= 4 is 22.9 Å². The fourth-order valence-corrected chi connectivity index (χ4v) is 5.67. The predicted octanol–water partition coefficient (Wildman–Crippen LogP) is 3.33. The molecule has 0 amide bonds. The first-order valence-corrected chi connectivity index (χ1v) is 15.8. The highest BCUT2D eigenvalue weighted by Crippen LogP contribution is 2.40. The van der Waals surface area contributed by atoms with E-state index in [9.17, 15) is 53.8 Å². The maximum atomic E-state index is 14.0. The summed E-state index contributed by atoms with van der Waals surface area (Å²) in [6.45, 7) is -0.908. The molecule has 1 saturated heterocycles. The quantitative estimate of drug-likeness (QED) is 0.0895. The minimum atomic E-state index is -1.99. The van der Waals surface area contributed by atoms with Gasteiger partial charge in [-0.3, -0.25) is 14.4 Å². The van der Waals surface area contributed by atoms with E-state index in [1.54, 1.807) is 0 Å². The third-order valence-electron chi connectivity index (χ3n) is 8.25. The molecule has 1 unspecified atom stereocenters. The maximum absolute atomic E-state index is 14.0. The predicted molar refractivity (Wildman–Crippen MR) is 177 cm³/mol. The Morgan fingerprint density at radius 1 is 0.736 bits per heavy atom. The number of carbonyl (C=O) groups excluding carboxylic acids is 2. The highest BCUT2D eigenvalue weighted by Gasteiger charge is 2.51. The van der Waals surface area contributed by atoms with Crippen LogP contribution in [0.1, 0.15) is 11.1 Å². The van der Waals surface area contributed by atoms with Crippen molar-refractivity contribution in [2.75, 3.05) is 6.61 Å². The van der Waals surface area contributed by atoms with E-state index in [4.69, 9.17) is 23.4 Å². The number of rotatable bonds is 10. The monoisotopic (exact) mass is 736 g/mol. The van der Waals surface area contributed by atoms with Gasteiger partial charge in [0.2, 0.25) is 23.6 Å². The Hall–Kier alpha value is -6.23. The first kappa shape index (κ1) is 36.6. The van der Waals surface area contributed by atoms with Crippen LogP contribution in [0.2, 0.25) is 0 Å². The van der Waals surface area contributed by atoms with Crippen LogP contribution in [-0.2, 0) is 36.6 Å². The fourth-order valence-electron chi connectivity index (χ4n) is 5.67. The van der Waals surface area contributed by atoms with Crippen LogP contribution in [0.5, 0.6) is 28.7 Å². The van der Waals surface area contributed by atoms with Crippen LogP contribution < -0.4 is 10.2 Å². The third kappa shape index (κ3) is 7.99. The standard InChI is InChI=1S/C37H30F2O14/c38-20-6-1-17(2-7-20)11-28(45)51-34-31(47)27(16-40)50-37(36(34)52-29(46)12-18-3-8-21(39)9-4-18)53-35-32(48)30-25(44)14-22(41)15-26(30)49-33(35)19-5-10-23(42)24(43)13-19/h1-10,13-15,27,31,34,36-37,40-44,47H,11-12,16H2/t27-,31?,34+,36+,37+/m1/s1. The van der Waals surface area contributed by atoms with Crippen LogP contribution in [0.3, 0.4) is 0 Å². The van der Waals surface area contributed by atoms with E-state index in [1.165, 1.54) is 30.3 Å². The number of halogens is 2. The molecular weight excluding hydrogens is 706 g/mol. The van der Waals surface area contributed by atoms with Crippen molar-refractivity contribution in [3.63, 3.8) is 0 Å². The van der Waals surface area contributed by atoms with Gasteiger partial charge in [-0.05, 0) is 53.6 Å². The Bertz CT molecular complexity index is 2200. The van der Waals surface area contributed by atoms with Crippen LogP contribution in [0.25, 0.3) is 22.3 Å². The second kappa shape index (κ2) is 15.2. The zero-order chi connectivity index (χ0) is 38.0. The zero-order valence-electron chi connectivity index (χ0n) is 27.2. The number of benzene rings is 4. The lowest BCUT2D eigenvalue weighted by atomic mass is 9.98. The molecule has 5 atom stereocenters. The van der Waals surface area contributed by atoms with Crippen molar-refractivity contribution in [3.8, 4) is 40.1 Å². The number of hydrogen-bond acceptors (Lipinski definition) is 14. The number of aliphatic hydroxyl groups is 2.